The van der Waals surface area contributed by atoms with E-state index in [9.17, 15) is 9.59 Å². The van der Waals surface area contributed by atoms with Gasteiger partial charge in [0.15, 0.2) is 0 Å². The number of nitrogens with zero attached hydrogens (tertiary/aromatic N) is 3. The molecule has 178 valence electrons. The van der Waals surface area contributed by atoms with Gasteiger partial charge in [-0.1, -0.05) is 11.6 Å². The van der Waals surface area contributed by atoms with Gasteiger partial charge in [0, 0.05) is 19.2 Å². The van der Waals surface area contributed by atoms with Crippen LogP contribution in [-0.2, 0) is 9.47 Å². The molecule has 2 atom stereocenters. The summed E-state index contributed by atoms with van der Waals surface area (Å²) in [6.45, 7) is 8.17. The maximum Gasteiger partial charge on any atom is 0.410 e. The summed E-state index contributed by atoms with van der Waals surface area (Å²) in [5.41, 5.74) is 1.41. The molecule has 0 radical (unpaired) electrons. The minimum atomic E-state index is -0.599. The second-order valence-corrected chi connectivity index (χ2v) is 9.05. The molecule has 3 rings (SSSR count). The summed E-state index contributed by atoms with van der Waals surface area (Å²) in [4.78, 5) is 35.0. The van der Waals surface area contributed by atoms with Crippen molar-refractivity contribution in [3.63, 3.8) is 0 Å². The highest BCUT2D eigenvalue weighted by molar-refractivity contribution is 6.29. The van der Waals surface area contributed by atoms with Crippen LogP contribution >= 0.6 is 11.6 Å². The van der Waals surface area contributed by atoms with E-state index in [0.29, 0.717) is 30.2 Å². The van der Waals surface area contributed by atoms with Gasteiger partial charge in [-0.05, 0) is 51.5 Å². The Kier molecular flexibility index (Phi) is 7.44. The van der Waals surface area contributed by atoms with Crippen molar-refractivity contribution in [1.29, 1.82) is 0 Å². The maximum atomic E-state index is 12.7. The van der Waals surface area contributed by atoms with Gasteiger partial charge in [0.25, 0.3) is 5.91 Å². The summed E-state index contributed by atoms with van der Waals surface area (Å²) < 4.78 is 17.0. The van der Waals surface area contributed by atoms with E-state index in [1.165, 1.54) is 20.4 Å². The van der Waals surface area contributed by atoms with Crippen LogP contribution in [0, 0.1) is 0 Å². The van der Waals surface area contributed by atoms with Gasteiger partial charge in [0.2, 0.25) is 0 Å². The molecular formula is C23H29ClN4O5. The Hall–Kier alpha value is -2.91. The number of pyridine rings is 2. The molecule has 0 unspecified atom stereocenters. The van der Waals surface area contributed by atoms with Crippen molar-refractivity contribution in [2.45, 2.75) is 45.4 Å². The Bertz CT molecular complexity index is 1040. The van der Waals surface area contributed by atoms with Crippen LogP contribution in [0.3, 0.4) is 0 Å². The number of halogens is 1. The summed E-state index contributed by atoms with van der Waals surface area (Å²) in [5.74, 6) is 0.106. The van der Waals surface area contributed by atoms with Crippen molar-refractivity contribution in [3.8, 4) is 17.0 Å². The molecule has 1 N–H and O–H groups in total. The third-order valence-electron chi connectivity index (χ3n) is 5.16. The molecule has 9 nitrogen and oxygen atoms in total. The van der Waals surface area contributed by atoms with Crippen LogP contribution in [0.1, 0.15) is 49.9 Å². The molecule has 0 saturated carbocycles. The quantitative estimate of drug-likeness (QED) is 0.668. The van der Waals surface area contributed by atoms with Gasteiger partial charge in [0.05, 0.1) is 31.6 Å². The SMILES string of the molecule is CNC(=O)c1cc(-c2cc([C@H]3OCCN(C(=O)OC(C)(C)C)[C@@H]3C)cc(Cl)n2)c(OC)cn1. The third-order valence-corrected chi connectivity index (χ3v) is 5.35. The highest BCUT2D eigenvalue weighted by Gasteiger charge is 2.36. The summed E-state index contributed by atoms with van der Waals surface area (Å²) in [6.07, 6.45) is 0.623. The lowest BCUT2D eigenvalue weighted by Gasteiger charge is -2.40. The predicted molar refractivity (Wildman–Crippen MR) is 124 cm³/mol. The average molecular weight is 477 g/mol. The molecule has 2 aromatic rings. The Labute approximate surface area is 198 Å². The minimum Gasteiger partial charge on any atom is -0.494 e. The van der Waals surface area contributed by atoms with Crippen molar-refractivity contribution < 1.29 is 23.8 Å². The zero-order valence-corrected chi connectivity index (χ0v) is 20.4. The summed E-state index contributed by atoms with van der Waals surface area (Å²) in [6, 6.07) is 4.81. The zero-order valence-electron chi connectivity index (χ0n) is 19.6. The summed E-state index contributed by atoms with van der Waals surface area (Å²) in [7, 11) is 3.04. The first-order valence-corrected chi connectivity index (χ1v) is 11.0. The maximum absolute atomic E-state index is 12.7. The lowest BCUT2D eigenvalue weighted by molar-refractivity contribution is -0.0723. The lowest BCUT2D eigenvalue weighted by atomic mass is 9.99. The van der Waals surface area contributed by atoms with Crippen LogP contribution in [0.4, 0.5) is 4.79 Å². The van der Waals surface area contributed by atoms with E-state index >= 15 is 0 Å². The number of rotatable bonds is 4. The molecule has 0 aromatic carbocycles. The van der Waals surface area contributed by atoms with Crippen molar-refractivity contribution in [2.24, 2.45) is 0 Å². The van der Waals surface area contributed by atoms with Crippen LogP contribution in [0.5, 0.6) is 5.75 Å². The fourth-order valence-corrected chi connectivity index (χ4v) is 3.83. The van der Waals surface area contributed by atoms with Gasteiger partial charge in [0.1, 0.15) is 28.3 Å². The molecule has 0 aliphatic carbocycles. The van der Waals surface area contributed by atoms with E-state index in [2.05, 4.69) is 15.3 Å². The number of carbonyl (C=O) groups is 2. The molecule has 3 heterocycles. The molecule has 2 aromatic heterocycles. The second kappa shape index (κ2) is 9.93. The zero-order chi connectivity index (χ0) is 24.3. The molecule has 0 bridgehead atoms. The number of amides is 2. The predicted octanol–water partition coefficient (Wildman–Crippen LogP) is 3.86. The number of morpholine rings is 1. The summed E-state index contributed by atoms with van der Waals surface area (Å²) >= 11 is 6.37. The monoisotopic (exact) mass is 476 g/mol. The molecule has 0 spiro atoms. The van der Waals surface area contributed by atoms with E-state index in [1.54, 1.807) is 17.0 Å². The van der Waals surface area contributed by atoms with E-state index in [4.69, 9.17) is 25.8 Å². The highest BCUT2D eigenvalue weighted by Crippen LogP contribution is 2.35. The number of aromatic nitrogens is 2. The van der Waals surface area contributed by atoms with Crippen molar-refractivity contribution in [2.75, 3.05) is 27.3 Å². The van der Waals surface area contributed by atoms with Crippen molar-refractivity contribution >= 4 is 23.6 Å². The van der Waals surface area contributed by atoms with Crippen LogP contribution in [0.2, 0.25) is 5.15 Å². The average Bonchev–Trinajstić information content (AvgIpc) is 2.76. The Morgan fingerprint density at radius 1 is 1.27 bits per heavy atom. The van der Waals surface area contributed by atoms with Crippen LogP contribution < -0.4 is 10.1 Å². The van der Waals surface area contributed by atoms with Crippen LogP contribution in [0.25, 0.3) is 11.3 Å². The molecule has 2 amide bonds. The van der Waals surface area contributed by atoms with Gasteiger partial charge in [-0.25, -0.2) is 14.8 Å². The molecule has 33 heavy (non-hydrogen) atoms. The van der Waals surface area contributed by atoms with Crippen molar-refractivity contribution in [1.82, 2.24) is 20.2 Å². The van der Waals surface area contributed by atoms with Gasteiger partial charge < -0.3 is 24.4 Å². The van der Waals surface area contributed by atoms with Crippen LogP contribution in [-0.4, -0.2) is 65.8 Å². The molecular weight excluding hydrogens is 448 g/mol. The van der Waals surface area contributed by atoms with Crippen molar-refractivity contribution in [3.05, 3.63) is 40.8 Å². The van der Waals surface area contributed by atoms with E-state index in [1.807, 2.05) is 33.8 Å². The van der Waals surface area contributed by atoms with Gasteiger partial charge in [-0.15, -0.1) is 0 Å². The molecule has 1 aliphatic heterocycles. The second-order valence-electron chi connectivity index (χ2n) is 8.66. The van der Waals surface area contributed by atoms with E-state index in [-0.39, 0.29) is 22.8 Å². The normalized spacial score (nSPS) is 18.6. The smallest absolute Gasteiger partial charge is 0.410 e. The lowest BCUT2D eigenvalue weighted by Crippen LogP contribution is -2.50. The Morgan fingerprint density at radius 2 is 2.00 bits per heavy atom. The first-order chi connectivity index (χ1) is 15.5. The first kappa shape index (κ1) is 24.7. The standard InChI is InChI=1S/C23H29ClN4O5/c1-13-20(32-8-7-28(13)22(30)33-23(2,3)4)14-9-16(27-19(24)10-14)15-11-17(21(29)25-5)26-12-18(15)31-6/h9-13,20H,7-8H2,1-6H3,(H,25,29)/t13-,20+/m1/s1. The fraction of sp³-hybridized carbons (Fsp3) is 0.478. The van der Waals surface area contributed by atoms with Crippen LogP contribution in [0.15, 0.2) is 24.4 Å². The molecule has 10 heteroatoms. The Morgan fingerprint density at radius 3 is 2.64 bits per heavy atom. The topological polar surface area (TPSA) is 103 Å². The van der Waals surface area contributed by atoms with E-state index in [0.717, 1.165) is 5.56 Å². The number of methoxy groups -OCH3 is 1. The summed E-state index contributed by atoms with van der Waals surface area (Å²) in [5, 5.41) is 2.79. The molecule has 1 fully saturated rings. The number of ether oxygens (including phenoxy) is 3. The minimum absolute atomic E-state index is 0.218. The van der Waals surface area contributed by atoms with E-state index < -0.39 is 17.8 Å². The van der Waals surface area contributed by atoms with Gasteiger partial charge >= 0.3 is 6.09 Å². The highest BCUT2D eigenvalue weighted by atomic mass is 35.5. The van der Waals surface area contributed by atoms with Gasteiger partial charge in [-0.3, -0.25) is 4.79 Å². The largest absolute Gasteiger partial charge is 0.494 e. The number of hydrogen-bond acceptors (Lipinski definition) is 7. The van der Waals surface area contributed by atoms with Gasteiger partial charge in [-0.2, -0.15) is 0 Å². The Balaban J connectivity index is 1.98. The molecule has 1 aliphatic rings. The fourth-order valence-electron chi connectivity index (χ4n) is 3.61. The number of carbonyl (C=O) groups excluding carboxylic acids is 2. The third kappa shape index (κ3) is 5.72. The molecule has 1 saturated heterocycles. The number of nitrogens with one attached hydrogen (secondary N) is 1. The first-order valence-electron chi connectivity index (χ1n) is 10.6. The number of hydrogen-bond donors (Lipinski definition) is 1.